The number of rotatable bonds is 6. The van der Waals surface area contributed by atoms with Crippen molar-refractivity contribution in [1.29, 1.82) is 0 Å². The minimum absolute atomic E-state index is 0.00862. The number of amides is 1. The first-order valence-corrected chi connectivity index (χ1v) is 9.47. The van der Waals surface area contributed by atoms with Gasteiger partial charge in [-0.3, -0.25) is 19.9 Å². The molecule has 1 amide bonds. The number of thiocarbonyl (C=S) groups is 1. The second-order valence-electron chi connectivity index (χ2n) is 6.50. The SMILES string of the molecule is COc1ccc([C@@H]2/C(=C(/C)NNC(N)=S)C(=O)C(=O)N2c2ccccc2OC)cc1. The first kappa shape index (κ1) is 21.1. The Balaban J connectivity index is 2.19. The Labute approximate surface area is 179 Å². The van der Waals surface area contributed by atoms with Crippen molar-refractivity contribution < 1.29 is 19.1 Å². The molecule has 1 fully saturated rings. The number of ketones is 1. The van der Waals surface area contributed by atoms with E-state index >= 15 is 0 Å². The van der Waals surface area contributed by atoms with E-state index < -0.39 is 17.7 Å². The summed E-state index contributed by atoms with van der Waals surface area (Å²) in [6, 6.07) is 13.5. The van der Waals surface area contributed by atoms with Crippen LogP contribution in [0.5, 0.6) is 11.5 Å². The fourth-order valence-electron chi connectivity index (χ4n) is 3.37. The zero-order valence-corrected chi connectivity index (χ0v) is 17.6. The standard InChI is InChI=1S/C21H22N4O4S/c1-12(23-24-21(22)30)17-18(13-8-10-14(28-2)11-9-13)25(20(27)19(17)26)15-6-4-5-7-16(15)29-3/h4-11,18,23H,1-3H3,(H3,22,24,30)/b17-12+/t18-/m1/s1. The van der Waals surface area contributed by atoms with Crippen LogP contribution in [0.2, 0.25) is 0 Å². The van der Waals surface area contributed by atoms with Gasteiger partial charge in [0.15, 0.2) is 5.11 Å². The number of nitrogens with two attached hydrogens (primary N) is 1. The van der Waals surface area contributed by atoms with E-state index in [1.165, 1.54) is 12.0 Å². The fraction of sp³-hybridized carbons (Fsp3) is 0.190. The van der Waals surface area contributed by atoms with Gasteiger partial charge in [-0.2, -0.15) is 0 Å². The maximum absolute atomic E-state index is 13.1. The molecule has 4 N–H and O–H groups in total. The van der Waals surface area contributed by atoms with Crippen LogP contribution >= 0.6 is 12.2 Å². The molecule has 0 aliphatic carbocycles. The minimum atomic E-state index is -0.687. The lowest BCUT2D eigenvalue weighted by atomic mass is 9.97. The quantitative estimate of drug-likeness (QED) is 0.279. The van der Waals surface area contributed by atoms with Gasteiger partial charge in [-0.25, -0.2) is 0 Å². The van der Waals surface area contributed by atoms with E-state index in [0.717, 1.165) is 5.56 Å². The van der Waals surface area contributed by atoms with Crippen LogP contribution in [0, 0.1) is 0 Å². The molecule has 0 saturated carbocycles. The lowest BCUT2D eigenvalue weighted by molar-refractivity contribution is -0.132. The number of nitrogens with one attached hydrogen (secondary N) is 2. The number of para-hydroxylation sites is 2. The average molecular weight is 426 g/mol. The van der Waals surface area contributed by atoms with Gasteiger partial charge in [0, 0.05) is 5.70 Å². The van der Waals surface area contributed by atoms with Gasteiger partial charge < -0.3 is 20.6 Å². The highest BCUT2D eigenvalue weighted by molar-refractivity contribution is 7.80. The molecule has 1 aliphatic heterocycles. The molecular formula is C21H22N4O4S. The molecule has 1 saturated heterocycles. The molecule has 0 aromatic heterocycles. The lowest BCUT2D eigenvalue weighted by Crippen LogP contribution is -2.40. The first-order chi connectivity index (χ1) is 14.4. The molecule has 0 radical (unpaired) electrons. The van der Waals surface area contributed by atoms with Crippen molar-refractivity contribution >= 4 is 34.7 Å². The molecule has 1 aliphatic rings. The molecule has 1 atom stereocenters. The Bertz CT molecular complexity index is 1020. The number of hydrogen-bond donors (Lipinski definition) is 3. The summed E-state index contributed by atoms with van der Waals surface area (Å²) in [4.78, 5) is 27.6. The zero-order valence-electron chi connectivity index (χ0n) is 16.8. The number of hydrogen-bond acceptors (Lipinski definition) is 6. The van der Waals surface area contributed by atoms with E-state index in [-0.39, 0.29) is 10.7 Å². The van der Waals surface area contributed by atoms with E-state index in [1.54, 1.807) is 50.4 Å². The van der Waals surface area contributed by atoms with Crippen molar-refractivity contribution in [2.24, 2.45) is 5.73 Å². The summed E-state index contributed by atoms with van der Waals surface area (Å²) < 4.78 is 10.7. The van der Waals surface area contributed by atoms with Crippen LogP contribution in [0.3, 0.4) is 0 Å². The van der Waals surface area contributed by atoms with Crippen LogP contribution in [0.1, 0.15) is 18.5 Å². The minimum Gasteiger partial charge on any atom is -0.497 e. The van der Waals surface area contributed by atoms with Crippen LogP contribution in [0.4, 0.5) is 5.69 Å². The van der Waals surface area contributed by atoms with E-state index in [1.807, 2.05) is 12.1 Å². The highest BCUT2D eigenvalue weighted by atomic mass is 32.1. The molecule has 8 nitrogen and oxygen atoms in total. The Kier molecular flexibility index (Phi) is 6.22. The Hall–Kier alpha value is -3.59. The van der Waals surface area contributed by atoms with Gasteiger partial charge in [-0.05, 0) is 49.0 Å². The van der Waals surface area contributed by atoms with E-state index in [0.29, 0.717) is 22.9 Å². The van der Waals surface area contributed by atoms with E-state index in [9.17, 15) is 9.59 Å². The van der Waals surface area contributed by atoms with Crippen LogP contribution < -0.4 is 31.0 Å². The normalized spacial score (nSPS) is 17.6. The summed E-state index contributed by atoms with van der Waals surface area (Å²) in [5.74, 6) is -0.151. The van der Waals surface area contributed by atoms with Crippen LogP contribution in [0.15, 0.2) is 59.8 Å². The maximum atomic E-state index is 13.1. The molecule has 9 heteroatoms. The van der Waals surface area contributed by atoms with Crippen molar-refractivity contribution in [2.45, 2.75) is 13.0 Å². The lowest BCUT2D eigenvalue weighted by Gasteiger charge is -2.27. The summed E-state index contributed by atoms with van der Waals surface area (Å²) in [6.07, 6.45) is 0. The zero-order chi connectivity index (χ0) is 21.8. The maximum Gasteiger partial charge on any atom is 0.300 e. The van der Waals surface area contributed by atoms with Crippen molar-refractivity contribution in [3.05, 3.63) is 65.4 Å². The molecule has 3 rings (SSSR count). The Morgan fingerprint density at radius 1 is 1.03 bits per heavy atom. The van der Waals surface area contributed by atoms with Gasteiger partial charge >= 0.3 is 0 Å². The first-order valence-electron chi connectivity index (χ1n) is 9.06. The highest BCUT2D eigenvalue weighted by Crippen LogP contribution is 2.43. The molecule has 0 unspecified atom stereocenters. The predicted molar refractivity (Wildman–Crippen MR) is 117 cm³/mol. The summed E-state index contributed by atoms with van der Waals surface area (Å²) >= 11 is 4.81. The topological polar surface area (TPSA) is 106 Å². The van der Waals surface area contributed by atoms with Gasteiger partial charge in [0.1, 0.15) is 11.5 Å². The summed E-state index contributed by atoms with van der Waals surface area (Å²) in [5, 5.41) is 0.00862. The third-order valence-electron chi connectivity index (χ3n) is 4.74. The van der Waals surface area contributed by atoms with E-state index in [4.69, 9.17) is 27.4 Å². The van der Waals surface area contributed by atoms with Crippen LogP contribution in [-0.2, 0) is 9.59 Å². The molecular weight excluding hydrogens is 404 g/mol. The molecule has 156 valence electrons. The Morgan fingerprint density at radius 3 is 2.30 bits per heavy atom. The van der Waals surface area contributed by atoms with Crippen molar-refractivity contribution in [3.8, 4) is 11.5 Å². The van der Waals surface area contributed by atoms with Gasteiger partial charge in [0.05, 0.1) is 31.5 Å². The summed E-state index contributed by atoms with van der Waals surface area (Å²) in [5.41, 5.74) is 12.8. The number of benzene rings is 2. The predicted octanol–water partition coefficient (Wildman–Crippen LogP) is 1.97. The van der Waals surface area contributed by atoms with Crippen molar-refractivity contribution in [3.63, 3.8) is 0 Å². The number of hydrazine groups is 1. The molecule has 2 aromatic carbocycles. The monoisotopic (exact) mass is 426 g/mol. The number of carbonyl (C=O) groups is 2. The smallest absolute Gasteiger partial charge is 0.300 e. The largest absolute Gasteiger partial charge is 0.497 e. The molecule has 1 heterocycles. The number of carbonyl (C=O) groups excluding carboxylic acids is 2. The molecule has 0 bridgehead atoms. The number of ether oxygens (including phenoxy) is 2. The second-order valence-corrected chi connectivity index (χ2v) is 6.94. The summed E-state index contributed by atoms with van der Waals surface area (Å²) in [7, 11) is 3.08. The number of Topliss-reactive ketones (excluding diaryl/α,β-unsaturated/α-hetero) is 1. The number of anilines is 1. The van der Waals surface area contributed by atoms with Gasteiger partial charge in [-0.15, -0.1) is 0 Å². The Morgan fingerprint density at radius 2 is 1.70 bits per heavy atom. The summed E-state index contributed by atoms with van der Waals surface area (Å²) in [6.45, 7) is 1.67. The van der Waals surface area contributed by atoms with Gasteiger partial charge in [0.2, 0.25) is 0 Å². The van der Waals surface area contributed by atoms with E-state index in [2.05, 4.69) is 10.9 Å². The number of methoxy groups -OCH3 is 2. The molecule has 0 spiro atoms. The highest BCUT2D eigenvalue weighted by Gasteiger charge is 2.46. The second kappa shape index (κ2) is 8.83. The fourth-order valence-corrected chi connectivity index (χ4v) is 3.42. The molecule has 30 heavy (non-hydrogen) atoms. The van der Waals surface area contributed by atoms with Gasteiger partial charge in [0.25, 0.3) is 11.7 Å². The van der Waals surface area contributed by atoms with Crippen LogP contribution in [-0.4, -0.2) is 31.0 Å². The third-order valence-corrected chi connectivity index (χ3v) is 4.84. The van der Waals surface area contributed by atoms with Crippen molar-refractivity contribution in [1.82, 2.24) is 10.9 Å². The molecule has 2 aromatic rings. The van der Waals surface area contributed by atoms with Crippen molar-refractivity contribution in [2.75, 3.05) is 19.1 Å². The van der Waals surface area contributed by atoms with Crippen LogP contribution in [0.25, 0.3) is 0 Å². The number of nitrogens with zero attached hydrogens (tertiary/aromatic N) is 1. The average Bonchev–Trinajstić information content (AvgIpc) is 3.02. The van der Waals surface area contributed by atoms with Gasteiger partial charge in [-0.1, -0.05) is 24.3 Å². The number of allylic oxidation sites excluding steroid dienone is 1. The third kappa shape index (κ3) is 3.92.